The SMILES string of the molecule is CCCC(C=O)Nc1ccc(C(C)C)c(CC)c1. The maximum absolute atomic E-state index is 11.0. The van der Waals surface area contributed by atoms with Crippen molar-refractivity contribution in [3.63, 3.8) is 0 Å². The summed E-state index contributed by atoms with van der Waals surface area (Å²) in [6.45, 7) is 8.70. The largest absolute Gasteiger partial charge is 0.376 e. The number of anilines is 1. The molecule has 0 bridgehead atoms. The minimum absolute atomic E-state index is 0.0652. The fraction of sp³-hybridized carbons (Fsp3) is 0.562. The lowest BCUT2D eigenvalue weighted by Gasteiger charge is -2.17. The number of rotatable bonds is 7. The molecule has 0 fully saturated rings. The Balaban J connectivity index is 2.88. The van der Waals surface area contributed by atoms with Crippen LogP contribution in [0.15, 0.2) is 18.2 Å². The van der Waals surface area contributed by atoms with Gasteiger partial charge in [0.2, 0.25) is 0 Å². The van der Waals surface area contributed by atoms with Crippen LogP contribution in [0.3, 0.4) is 0 Å². The van der Waals surface area contributed by atoms with Gasteiger partial charge in [-0.25, -0.2) is 0 Å². The van der Waals surface area contributed by atoms with E-state index in [9.17, 15) is 4.79 Å². The van der Waals surface area contributed by atoms with Gasteiger partial charge in [0.25, 0.3) is 0 Å². The second-order valence-corrected chi connectivity index (χ2v) is 5.10. The molecule has 0 aromatic heterocycles. The summed E-state index contributed by atoms with van der Waals surface area (Å²) in [5.74, 6) is 0.548. The summed E-state index contributed by atoms with van der Waals surface area (Å²) >= 11 is 0. The predicted octanol–water partition coefficient (Wildman–Crippen LogP) is 4.15. The molecule has 0 saturated heterocycles. The summed E-state index contributed by atoms with van der Waals surface area (Å²) in [6.07, 6.45) is 3.94. The van der Waals surface area contributed by atoms with Gasteiger partial charge < -0.3 is 10.1 Å². The van der Waals surface area contributed by atoms with E-state index in [4.69, 9.17) is 0 Å². The van der Waals surface area contributed by atoms with Crippen LogP contribution in [0.1, 0.15) is 57.6 Å². The normalized spacial score (nSPS) is 12.5. The van der Waals surface area contributed by atoms with Crippen LogP contribution in [-0.2, 0) is 11.2 Å². The smallest absolute Gasteiger partial charge is 0.142 e. The first-order valence-corrected chi connectivity index (χ1v) is 6.97. The Morgan fingerprint density at radius 1 is 1.28 bits per heavy atom. The second kappa shape index (κ2) is 7.20. The molecular weight excluding hydrogens is 222 g/mol. The highest BCUT2D eigenvalue weighted by atomic mass is 16.1. The van der Waals surface area contributed by atoms with Crippen molar-refractivity contribution in [2.24, 2.45) is 0 Å². The third-order valence-electron chi connectivity index (χ3n) is 3.26. The fourth-order valence-corrected chi connectivity index (χ4v) is 2.26. The molecule has 1 rings (SSSR count). The highest BCUT2D eigenvalue weighted by Gasteiger charge is 2.09. The van der Waals surface area contributed by atoms with Crippen LogP contribution in [0.2, 0.25) is 0 Å². The summed E-state index contributed by atoms with van der Waals surface area (Å²) < 4.78 is 0. The van der Waals surface area contributed by atoms with Gasteiger partial charge in [-0.05, 0) is 42.0 Å². The lowest BCUT2D eigenvalue weighted by atomic mass is 9.95. The molecule has 1 N–H and O–H groups in total. The number of aryl methyl sites for hydroxylation is 1. The van der Waals surface area contributed by atoms with Crippen LogP contribution in [0.4, 0.5) is 5.69 Å². The van der Waals surface area contributed by atoms with E-state index in [2.05, 4.69) is 51.2 Å². The minimum Gasteiger partial charge on any atom is -0.376 e. The molecule has 0 aliphatic rings. The molecule has 0 saturated carbocycles. The summed E-state index contributed by atoms with van der Waals surface area (Å²) in [4.78, 5) is 11.0. The van der Waals surface area contributed by atoms with Gasteiger partial charge in [-0.15, -0.1) is 0 Å². The maximum atomic E-state index is 11.0. The topological polar surface area (TPSA) is 29.1 Å². The highest BCUT2D eigenvalue weighted by Crippen LogP contribution is 2.24. The molecule has 18 heavy (non-hydrogen) atoms. The maximum Gasteiger partial charge on any atom is 0.142 e. The summed E-state index contributed by atoms with van der Waals surface area (Å²) in [5, 5.41) is 3.30. The van der Waals surface area contributed by atoms with Crippen molar-refractivity contribution in [1.82, 2.24) is 0 Å². The average molecular weight is 247 g/mol. The first-order valence-electron chi connectivity index (χ1n) is 6.97. The summed E-state index contributed by atoms with van der Waals surface area (Å²) in [6, 6.07) is 6.38. The first-order chi connectivity index (χ1) is 8.62. The molecule has 0 amide bonds. The Bertz CT molecular complexity index is 385. The highest BCUT2D eigenvalue weighted by molar-refractivity contribution is 5.65. The Morgan fingerprint density at radius 3 is 2.50 bits per heavy atom. The van der Waals surface area contributed by atoms with Crippen LogP contribution >= 0.6 is 0 Å². The molecule has 1 unspecified atom stereocenters. The van der Waals surface area contributed by atoms with Gasteiger partial charge in [0.15, 0.2) is 0 Å². The van der Waals surface area contributed by atoms with Crippen molar-refractivity contribution in [1.29, 1.82) is 0 Å². The lowest BCUT2D eigenvalue weighted by Crippen LogP contribution is -2.20. The number of nitrogens with one attached hydrogen (secondary N) is 1. The van der Waals surface area contributed by atoms with E-state index < -0.39 is 0 Å². The van der Waals surface area contributed by atoms with Gasteiger partial charge in [-0.2, -0.15) is 0 Å². The zero-order chi connectivity index (χ0) is 13.5. The molecule has 0 aliphatic carbocycles. The number of carbonyl (C=O) groups excluding carboxylic acids is 1. The van der Waals surface area contributed by atoms with Gasteiger partial charge in [0.1, 0.15) is 6.29 Å². The molecule has 0 heterocycles. The molecule has 2 heteroatoms. The second-order valence-electron chi connectivity index (χ2n) is 5.10. The molecule has 100 valence electrons. The van der Waals surface area contributed by atoms with Crippen LogP contribution < -0.4 is 5.32 Å². The number of hydrogen-bond acceptors (Lipinski definition) is 2. The van der Waals surface area contributed by atoms with Crippen LogP contribution in [0, 0.1) is 0 Å². The average Bonchev–Trinajstić information content (AvgIpc) is 2.37. The Hall–Kier alpha value is -1.31. The van der Waals surface area contributed by atoms with Gasteiger partial charge in [-0.1, -0.05) is 40.2 Å². The van der Waals surface area contributed by atoms with Crippen molar-refractivity contribution >= 4 is 12.0 Å². The van der Waals surface area contributed by atoms with Crippen LogP contribution in [0.5, 0.6) is 0 Å². The zero-order valence-corrected chi connectivity index (χ0v) is 12.0. The third-order valence-corrected chi connectivity index (χ3v) is 3.26. The summed E-state index contributed by atoms with van der Waals surface area (Å²) in [5.41, 5.74) is 3.83. The fourth-order valence-electron chi connectivity index (χ4n) is 2.26. The van der Waals surface area contributed by atoms with E-state index in [-0.39, 0.29) is 6.04 Å². The standard InChI is InChI=1S/C16H25NO/c1-5-7-15(11-18)17-14-8-9-16(12(3)4)13(6-2)10-14/h8-12,15,17H,5-7H2,1-4H3. The Morgan fingerprint density at radius 2 is 2.00 bits per heavy atom. The molecule has 1 atom stereocenters. The van der Waals surface area contributed by atoms with E-state index in [1.165, 1.54) is 11.1 Å². The Kier molecular flexibility index (Phi) is 5.90. The van der Waals surface area contributed by atoms with Crippen molar-refractivity contribution in [2.45, 2.75) is 58.9 Å². The van der Waals surface area contributed by atoms with Gasteiger partial charge in [0.05, 0.1) is 6.04 Å². The van der Waals surface area contributed by atoms with Crippen molar-refractivity contribution in [2.75, 3.05) is 5.32 Å². The third kappa shape index (κ3) is 3.86. The van der Waals surface area contributed by atoms with E-state index in [1.54, 1.807) is 0 Å². The number of aldehydes is 1. The molecule has 1 aromatic carbocycles. The Labute approximate surface area is 111 Å². The van der Waals surface area contributed by atoms with Crippen molar-refractivity contribution < 1.29 is 4.79 Å². The number of hydrogen-bond donors (Lipinski definition) is 1. The van der Waals surface area contributed by atoms with Crippen molar-refractivity contribution in [3.8, 4) is 0 Å². The van der Waals surface area contributed by atoms with Gasteiger partial charge in [-0.3, -0.25) is 0 Å². The van der Waals surface area contributed by atoms with Gasteiger partial charge >= 0.3 is 0 Å². The van der Waals surface area contributed by atoms with Gasteiger partial charge in [0, 0.05) is 5.69 Å². The molecular formula is C16H25NO. The summed E-state index contributed by atoms with van der Waals surface area (Å²) in [7, 11) is 0. The zero-order valence-electron chi connectivity index (χ0n) is 12.0. The van der Waals surface area contributed by atoms with Crippen LogP contribution in [0.25, 0.3) is 0 Å². The number of carbonyl (C=O) groups is 1. The lowest BCUT2D eigenvalue weighted by molar-refractivity contribution is -0.108. The number of benzene rings is 1. The predicted molar refractivity (Wildman–Crippen MR) is 78.3 cm³/mol. The van der Waals surface area contributed by atoms with Crippen molar-refractivity contribution in [3.05, 3.63) is 29.3 Å². The van der Waals surface area contributed by atoms with E-state index >= 15 is 0 Å². The molecule has 0 aliphatic heterocycles. The van der Waals surface area contributed by atoms with Crippen LogP contribution in [-0.4, -0.2) is 12.3 Å². The molecule has 1 aromatic rings. The molecule has 0 spiro atoms. The molecule has 0 radical (unpaired) electrons. The quantitative estimate of drug-likeness (QED) is 0.733. The monoisotopic (exact) mass is 247 g/mol. The molecule has 2 nitrogen and oxygen atoms in total. The first kappa shape index (κ1) is 14.7. The van der Waals surface area contributed by atoms with E-state index in [0.717, 1.165) is 31.2 Å². The minimum atomic E-state index is -0.0652. The van der Waals surface area contributed by atoms with E-state index in [0.29, 0.717) is 5.92 Å². The van der Waals surface area contributed by atoms with E-state index in [1.807, 2.05) is 0 Å².